The second-order valence-electron chi connectivity index (χ2n) is 6.58. The number of non-ortho nitro benzene ring substituents is 1. The Labute approximate surface area is 166 Å². The van der Waals surface area contributed by atoms with E-state index in [-0.39, 0.29) is 18.0 Å². The first-order chi connectivity index (χ1) is 14.1. The van der Waals surface area contributed by atoms with Crippen molar-refractivity contribution in [3.63, 3.8) is 0 Å². The number of aryl methyl sites for hydroxylation is 1. The number of benzene rings is 3. The average molecular weight is 386 g/mol. The standard InChI is InChI=1S/C22H18N4O3/c27-22(24-23-15-16-9-11-17(12-10-16)26(28)29)13-14-25-20-7-3-1-5-18(20)19-6-2-4-8-21(19)25/h1-12,15H,13-14H2,(H,24,27). The molecule has 1 heterocycles. The van der Waals surface area contributed by atoms with Crippen molar-refractivity contribution in [2.75, 3.05) is 0 Å². The fourth-order valence-electron chi connectivity index (χ4n) is 3.37. The number of nitro groups is 1. The van der Waals surface area contributed by atoms with E-state index in [0.717, 1.165) is 11.0 Å². The molecule has 0 aliphatic carbocycles. The molecule has 0 fully saturated rings. The number of para-hydroxylation sites is 2. The van der Waals surface area contributed by atoms with Crippen LogP contribution in [0.2, 0.25) is 0 Å². The van der Waals surface area contributed by atoms with Gasteiger partial charge >= 0.3 is 0 Å². The van der Waals surface area contributed by atoms with E-state index in [1.54, 1.807) is 12.1 Å². The van der Waals surface area contributed by atoms with Gasteiger partial charge in [-0.1, -0.05) is 36.4 Å². The first kappa shape index (κ1) is 18.4. The lowest BCUT2D eigenvalue weighted by atomic mass is 10.2. The molecule has 0 spiro atoms. The largest absolute Gasteiger partial charge is 0.340 e. The molecule has 4 aromatic rings. The minimum absolute atomic E-state index is 0.0114. The van der Waals surface area contributed by atoms with E-state index in [2.05, 4.69) is 39.4 Å². The van der Waals surface area contributed by atoms with Crippen LogP contribution in [0.5, 0.6) is 0 Å². The molecule has 7 heteroatoms. The topological polar surface area (TPSA) is 89.5 Å². The maximum atomic E-state index is 12.2. The number of hydrogen-bond donors (Lipinski definition) is 1. The van der Waals surface area contributed by atoms with Crippen LogP contribution >= 0.6 is 0 Å². The predicted molar refractivity (Wildman–Crippen MR) is 113 cm³/mol. The lowest BCUT2D eigenvalue weighted by Gasteiger charge is -2.06. The minimum Gasteiger partial charge on any atom is -0.340 e. The van der Waals surface area contributed by atoms with Crippen LogP contribution in [0.25, 0.3) is 21.8 Å². The number of hydrazone groups is 1. The van der Waals surface area contributed by atoms with Crippen LogP contribution in [0.4, 0.5) is 5.69 Å². The Morgan fingerprint density at radius 2 is 1.55 bits per heavy atom. The van der Waals surface area contributed by atoms with Gasteiger partial charge in [0.25, 0.3) is 5.69 Å². The van der Waals surface area contributed by atoms with E-state index >= 15 is 0 Å². The van der Waals surface area contributed by atoms with Crippen LogP contribution in [-0.2, 0) is 11.3 Å². The SMILES string of the molecule is O=C(CCn1c2ccccc2c2ccccc21)NN=Cc1ccc([N+](=O)[O-])cc1. The van der Waals surface area contributed by atoms with Crippen molar-refractivity contribution in [3.05, 3.63) is 88.5 Å². The molecule has 7 nitrogen and oxygen atoms in total. The predicted octanol–water partition coefficient (Wildman–Crippen LogP) is 4.24. The van der Waals surface area contributed by atoms with Gasteiger partial charge in [-0.25, -0.2) is 5.43 Å². The lowest BCUT2D eigenvalue weighted by Crippen LogP contribution is -2.19. The average Bonchev–Trinajstić information content (AvgIpc) is 3.06. The molecule has 1 N–H and O–H groups in total. The first-order valence-electron chi connectivity index (χ1n) is 9.16. The van der Waals surface area contributed by atoms with Gasteiger partial charge in [-0.2, -0.15) is 5.10 Å². The van der Waals surface area contributed by atoms with Crippen LogP contribution in [0, 0.1) is 10.1 Å². The molecule has 0 saturated heterocycles. The highest BCUT2D eigenvalue weighted by molar-refractivity contribution is 6.08. The van der Waals surface area contributed by atoms with Crippen molar-refractivity contribution in [2.24, 2.45) is 5.10 Å². The smallest absolute Gasteiger partial charge is 0.269 e. The van der Waals surface area contributed by atoms with Gasteiger partial charge in [0.2, 0.25) is 5.91 Å². The van der Waals surface area contributed by atoms with E-state index in [9.17, 15) is 14.9 Å². The van der Waals surface area contributed by atoms with Gasteiger partial charge in [-0.05, 0) is 29.8 Å². The molecule has 1 aromatic heterocycles. The van der Waals surface area contributed by atoms with Gasteiger partial charge in [0, 0.05) is 46.9 Å². The Morgan fingerprint density at radius 1 is 0.966 bits per heavy atom. The van der Waals surface area contributed by atoms with Gasteiger partial charge < -0.3 is 4.57 Å². The third-order valence-electron chi connectivity index (χ3n) is 4.75. The summed E-state index contributed by atoms with van der Waals surface area (Å²) in [7, 11) is 0. The maximum Gasteiger partial charge on any atom is 0.269 e. The number of aromatic nitrogens is 1. The van der Waals surface area contributed by atoms with Crippen LogP contribution < -0.4 is 5.43 Å². The number of fused-ring (bicyclic) bond motifs is 3. The van der Waals surface area contributed by atoms with Crippen LogP contribution in [0.1, 0.15) is 12.0 Å². The zero-order chi connectivity index (χ0) is 20.2. The van der Waals surface area contributed by atoms with Crippen molar-refractivity contribution in [1.29, 1.82) is 0 Å². The molecule has 3 aromatic carbocycles. The first-order valence-corrected chi connectivity index (χ1v) is 9.16. The van der Waals surface area contributed by atoms with Gasteiger partial charge in [0.1, 0.15) is 0 Å². The quantitative estimate of drug-likeness (QED) is 0.305. The number of carbonyl (C=O) groups is 1. The Morgan fingerprint density at radius 3 is 2.14 bits per heavy atom. The van der Waals surface area contributed by atoms with Crippen LogP contribution in [0.15, 0.2) is 77.9 Å². The van der Waals surface area contributed by atoms with Crippen LogP contribution in [-0.4, -0.2) is 21.6 Å². The lowest BCUT2D eigenvalue weighted by molar-refractivity contribution is -0.384. The van der Waals surface area contributed by atoms with Gasteiger partial charge in [0.05, 0.1) is 11.1 Å². The summed E-state index contributed by atoms with van der Waals surface area (Å²) in [6.07, 6.45) is 1.74. The summed E-state index contributed by atoms with van der Waals surface area (Å²) >= 11 is 0. The third kappa shape index (κ3) is 3.84. The summed E-state index contributed by atoms with van der Waals surface area (Å²) in [5.74, 6) is -0.204. The molecule has 0 saturated carbocycles. The van der Waals surface area contributed by atoms with Crippen LogP contribution in [0.3, 0.4) is 0 Å². The Bertz CT molecular complexity index is 1170. The zero-order valence-electron chi connectivity index (χ0n) is 15.5. The second-order valence-corrected chi connectivity index (χ2v) is 6.58. The van der Waals surface area contributed by atoms with Gasteiger partial charge in [-0.3, -0.25) is 14.9 Å². The molecule has 0 aliphatic heterocycles. The molecule has 0 bridgehead atoms. The molecule has 0 atom stereocenters. The number of amides is 1. The molecule has 0 aliphatic rings. The number of rotatable bonds is 6. The fraction of sp³-hybridized carbons (Fsp3) is 0.0909. The van der Waals surface area contributed by atoms with E-state index in [4.69, 9.17) is 0 Å². The maximum absolute atomic E-state index is 12.2. The molecule has 144 valence electrons. The van der Waals surface area contributed by atoms with Gasteiger partial charge in [-0.15, -0.1) is 0 Å². The Balaban J connectivity index is 1.43. The zero-order valence-corrected chi connectivity index (χ0v) is 15.5. The molecular weight excluding hydrogens is 368 g/mol. The van der Waals surface area contributed by atoms with Crippen molar-refractivity contribution < 1.29 is 9.72 Å². The van der Waals surface area contributed by atoms with Crippen molar-refractivity contribution in [1.82, 2.24) is 9.99 Å². The highest BCUT2D eigenvalue weighted by Gasteiger charge is 2.10. The Kier molecular flexibility index (Phi) is 5.03. The molecule has 4 rings (SSSR count). The summed E-state index contributed by atoms with van der Waals surface area (Å²) in [6.45, 7) is 0.535. The summed E-state index contributed by atoms with van der Waals surface area (Å²) < 4.78 is 2.14. The highest BCUT2D eigenvalue weighted by atomic mass is 16.6. The second kappa shape index (κ2) is 7.93. The van der Waals surface area contributed by atoms with E-state index < -0.39 is 4.92 Å². The monoisotopic (exact) mass is 386 g/mol. The summed E-state index contributed by atoms with van der Waals surface area (Å²) in [5.41, 5.74) is 5.37. The molecule has 1 amide bonds. The van der Waals surface area contributed by atoms with E-state index in [0.29, 0.717) is 12.1 Å². The molecule has 0 radical (unpaired) electrons. The number of nitrogens with one attached hydrogen (secondary N) is 1. The number of nitrogens with zero attached hydrogens (tertiary/aromatic N) is 3. The molecule has 0 unspecified atom stereocenters. The number of hydrogen-bond acceptors (Lipinski definition) is 4. The summed E-state index contributed by atoms with van der Waals surface area (Å²) in [4.78, 5) is 22.4. The third-order valence-corrected chi connectivity index (χ3v) is 4.75. The normalized spacial score (nSPS) is 11.3. The van der Waals surface area contributed by atoms with Crippen molar-refractivity contribution in [3.8, 4) is 0 Å². The van der Waals surface area contributed by atoms with Gasteiger partial charge in [0.15, 0.2) is 0 Å². The summed E-state index contributed by atoms with van der Waals surface area (Å²) in [6, 6.07) is 22.2. The molecule has 29 heavy (non-hydrogen) atoms. The highest BCUT2D eigenvalue weighted by Crippen LogP contribution is 2.28. The van der Waals surface area contributed by atoms with E-state index in [1.165, 1.54) is 29.1 Å². The summed E-state index contributed by atoms with van der Waals surface area (Å²) in [5, 5.41) is 16.9. The molecular formula is C22H18N4O3. The van der Waals surface area contributed by atoms with E-state index in [1.807, 2.05) is 24.3 Å². The number of carbonyl (C=O) groups excluding carboxylic acids is 1. The number of nitro benzene ring substituents is 1. The fourth-order valence-corrected chi connectivity index (χ4v) is 3.37. The minimum atomic E-state index is -0.461. The Hall–Kier alpha value is -4.00. The van der Waals surface area contributed by atoms with Crippen molar-refractivity contribution >= 4 is 39.6 Å². The van der Waals surface area contributed by atoms with Crippen molar-refractivity contribution in [2.45, 2.75) is 13.0 Å².